The highest BCUT2D eigenvalue weighted by Gasteiger charge is 2.19. The van der Waals surface area contributed by atoms with Gasteiger partial charge >= 0.3 is 0 Å². The Labute approximate surface area is 117 Å². The molecular formula is C16H29NS. The summed E-state index contributed by atoms with van der Waals surface area (Å²) in [7, 11) is 0. The number of hydrogen-bond donors (Lipinski definition) is 1. The van der Waals surface area contributed by atoms with Crippen molar-refractivity contribution >= 4 is 11.3 Å². The minimum Gasteiger partial charge on any atom is -0.309 e. The van der Waals surface area contributed by atoms with E-state index in [2.05, 4.69) is 52.1 Å². The lowest BCUT2D eigenvalue weighted by Crippen LogP contribution is -2.21. The van der Waals surface area contributed by atoms with Crippen LogP contribution < -0.4 is 5.32 Å². The smallest absolute Gasteiger partial charge is 0.0414 e. The number of thiophene rings is 1. The average Bonchev–Trinajstić information content (AvgIpc) is 2.78. The summed E-state index contributed by atoms with van der Waals surface area (Å²) in [6.45, 7) is 12.5. The van der Waals surface area contributed by atoms with Crippen molar-refractivity contribution in [2.45, 2.75) is 71.8 Å². The van der Waals surface area contributed by atoms with Gasteiger partial charge in [0.25, 0.3) is 0 Å². The van der Waals surface area contributed by atoms with E-state index in [0.29, 0.717) is 6.04 Å². The van der Waals surface area contributed by atoms with Gasteiger partial charge in [0, 0.05) is 15.8 Å². The van der Waals surface area contributed by atoms with Crippen LogP contribution in [0.3, 0.4) is 0 Å². The first-order valence-corrected chi connectivity index (χ1v) is 8.14. The molecule has 2 heteroatoms. The van der Waals surface area contributed by atoms with E-state index in [1.165, 1.54) is 35.4 Å². The van der Waals surface area contributed by atoms with E-state index in [1.807, 2.05) is 11.3 Å². The Balaban J connectivity index is 2.74. The summed E-state index contributed by atoms with van der Waals surface area (Å²) in [5.41, 5.74) is 0.281. The fourth-order valence-corrected chi connectivity index (χ4v) is 3.19. The van der Waals surface area contributed by atoms with Gasteiger partial charge in [-0.15, -0.1) is 11.3 Å². The van der Waals surface area contributed by atoms with Crippen LogP contribution in [0, 0.1) is 0 Å². The first-order chi connectivity index (χ1) is 8.49. The number of rotatable bonds is 7. The van der Waals surface area contributed by atoms with Gasteiger partial charge in [-0.3, -0.25) is 0 Å². The third kappa shape index (κ3) is 4.74. The highest BCUT2D eigenvalue weighted by molar-refractivity contribution is 7.12. The van der Waals surface area contributed by atoms with Crippen molar-refractivity contribution in [2.24, 2.45) is 0 Å². The van der Waals surface area contributed by atoms with Crippen molar-refractivity contribution in [3.8, 4) is 0 Å². The van der Waals surface area contributed by atoms with Crippen molar-refractivity contribution in [3.05, 3.63) is 21.9 Å². The SMILES string of the molecule is CCCCC(NCCC)c1ccc(C(C)(C)C)s1. The lowest BCUT2D eigenvalue weighted by molar-refractivity contribution is 0.487. The molecule has 0 spiro atoms. The fraction of sp³-hybridized carbons (Fsp3) is 0.750. The molecule has 0 saturated carbocycles. The summed E-state index contributed by atoms with van der Waals surface area (Å²) in [6, 6.07) is 5.20. The number of hydrogen-bond acceptors (Lipinski definition) is 2. The Kier molecular flexibility index (Phi) is 6.37. The summed E-state index contributed by atoms with van der Waals surface area (Å²) in [4.78, 5) is 3.01. The van der Waals surface area contributed by atoms with Gasteiger partial charge in [0.15, 0.2) is 0 Å². The highest BCUT2D eigenvalue weighted by Crippen LogP contribution is 2.33. The minimum atomic E-state index is 0.281. The molecule has 1 nitrogen and oxygen atoms in total. The Hall–Kier alpha value is -0.340. The van der Waals surface area contributed by atoms with Gasteiger partial charge < -0.3 is 5.32 Å². The third-order valence-electron chi connectivity index (χ3n) is 3.20. The van der Waals surface area contributed by atoms with E-state index in [9.17, 15) is 0 Å². The van der Waals surface area contributed by atoms with E-state index in [4.69, 9.17) is 0 Å². The molecule has 0 aromatic carbocycles. The van der Waals surface area contributed by atoms with E-state index in [-0.39, 0.29) is 5.41 Å². The second-order valence-electron chi connectivity index (χ2n) is 6.10. The molecule has 104 valence electrons. The summed E-state index contributed by atoms with van der Waals surface area (Å²) in [5.74, 6) is 0. The molecule has 0 aliphatic rings. The molecule has 0 aliphatic carbocycles. The van der Waals surface area contributed by atoms with Crippen LogP contribution in [0.4, 0.5) is 0 Å². The van der Waals surface area contributed by atoms with E-state index >= 15 is 0 Å². The first kappa shape index (κ1) is 15.7. The van der Waals surface area contributed by atoms with Gasteiger partial charge in [0.1, 0.15) is 0 Å². The third-order valence-corrected chi connectivity index (χ3v) is 4.82. The van der Waals surface area contributed by atoms with Crippen LogP contribution in [-0.4, -0.2) is 6.54 Å². The second kappa shape index (κ2) is 7.30. The summed E-state index contributed by atoms with van der Waals surface area (Å²) < 4.78 is 0. The van der Waals surface area contributed by atoms with Gasteiger partial charge in [-0.1, -0.05) is 47.5 Å². The van der Waals surface area contributed by atoms with Crippen LogP contribution >= 0.6 is 11.3 Å². The van der Waals surface area contributed by atoms with Crippen LogP contribution in [0.5, 0.6) is 0 Å². The normalized spacial score (nSPS) is 13.8. The molecule has 1 N–H and O–H groups in total. The second-order valence-corrected chi connectivity index (χ2v) is 7.22. The molecule has 18 heavy (non-hydrogen) atoms. The molecule has 0 fully saturated rings. The lowest BCUT2D eigenvalue weighted by atomic mass is 9.95. The summed E-state index contributed by atoms with van der Waals surface area (Å²) in [6.07, 6.45) is 5.06. The van der Waals surface area contributed by atoms with Crippen molar-refractivity contribution in [1.29, 1.82) is 0 Å². The van der Waals surface area contributed by atoms with Crippen LogP contribution in [-0.2, 0) is 5.41 Å². The minimum absolute atomic E-state index is 0.281. The van der Waals surface area contributed by atoms with Crippen molar-refractivity contribution in [1.82, 2.24) is 5.32 Å². The number of nitrogens with one attached hydrogen (secondary N) is 1. The molecular weight excluding hydrogens is 238 g/mol. The molecule has 1 rings (SSSR count). The van der Waals surface area contributed by atoms with E-state index in [0.717, 1.165) is 6.54 Å². The van der Waals surface area contributed by atoms with Crippen LogP contribution in [0.2, 0.25) is 0 Å². The number of unbranched alkanes of at least 4 members (excludes halogenated alkanes) is 1. The first-order valence-electron chi connectivity index (χ1n) is 7.32. The molecule has 1 unspecified atom stereocenters. The quantitative estimate of drug-likeness (QED) is 0.709. The molecule has 1 aromatic rings. The molecule has 0 saturated heterocycles. The predicted octanol–water partition coefficient (Wildman–Crippen LogP) is 5.28. The van der Waals surface area contributed by atoms with Gasteiger partial charge in [-0.25, -0.2) is 0 Å². The van der Waals surface area contributed by atoms with Crippen LogP contribution in [0.25, 0.3) is 0 Å². The van der Waals surface area contributed by atoms with Crippen LogP contribution in [0.15, 0.2) is 12.1 Å². The van der Waals surface area contributed by atoms with Crippen LogP contribution in [0.1, 0.15) is 76.1 Å². The lowest BCUT2D eigenvalue weighted by Gasteiger charge is -2.18. The zero-order valence-electron chi connectivity index (χ0n) is 12.7. The predicted molar refractivity (Wildman–Crippen MR) is 83.6 cm³/mol. The van der Waals surface area contributed by atoms with Crippen molar-refractivity contribution in [3.63, 3.8) is 0 Å². The standard InChI is InChI=1S/C16H29NS/c1-6-8-9-13(17-12-7-2)14-10-11-15(18-14)16(3,4)5/h10-11,13,17H,6-9,12H2,1-5H3. The van der Waals surface area contributed by atoms with E-state index in [1.54, 1.807) is 0 Å². The largest absolute Gasteiger partial charge is 0.309 e. The fourth-order valence-electron chi connectivity index (χ4n) is 2.01. The van der Waals surface area contributed by atoms with Gasteiger partial charge in [0.05, 0.1) is 0 Å². The van der Waals surface area contributed by atoms with Gasteiger partial charge in [-0.2, -0.15) is 0 Å². The summed E-state index contributed by atoms with van der Waals surface area (Å²) in [5, 5.41) is 3.70. The molecule has 0 radical (unpaired) electrons. The molecule has 0 aliphatic heterocycles. The highest BCUT2D eigenvalue weighted by atomic mass is 32.1. The molecule has 0 amide bonds. The van der Waals surface area contributed by atoms with E-state index < -0.39 is 0 Å². The zero-order chi connectivity index (χ0) is 13.6. The Morgan fingerprint density at radius 3 is 2.39 bits per heavy atom. The summed E-state index contributed by atoms with van der Waals surface area (Å²) >= 11 is 1.99. The van der Waals surface area contributed by atoms with Crippen molar-refractivity contribution < 1.29 is 0 Å². The maximum Gasteiger partial charge on any atom is 0.0414 e. The maximum absolute atomic E-state index is 3.70. The van der Waals surface area contributed by atoms with Crippen molar-refractivity contribution in [2.75, 3.05) is 6.54 Å². The Morgan fingerprint density at radius 1 is 1.17 bits per heavy atom. The topological polar surface area (TPSA) is 12.0 Å². The molecule has 1 aromatic heterocycles. The zero-order valence-corrected chi connectivity index (χ0v) is 13.5. The Bertz CT molecular complexity index is 327. The average molecular weight is 267 g/mol. The van der Waals surface area contributed by atoms with Gasteiger partial charge in [0.2, 0.25) is 0 Å². The Morgan fingerprint density at radius 2 is 1.89 bits per heavy atom. The maximum atomic E-state index is 3.70. The monoisotopic (exact) mass is 267 g/mol. The molecule has 1 heterocycles. The molecule has 1 atom stereocenters. The molecule has 0 bridgehead atoms. The van der Waals surface area contributed by atoms with Gasteiger partial charge in [-0.05, 0) is 36.9 Å².